The molecule has 0 saturated carbocycles. The minimum atomic E-state index is 0.137. The molecular formula is C20H30N2O2. The molecule has 0 aromatic heterocycles. The smallest absolute Gasteiger partial charge is 0.257 e. The molecule has 4 heteroatoms. The number of aryl methyl sites for hydroxylation is 1. The van der Waals surface area contributed by atoms with Crippen LogP contribution in [0.15, 0.2) is 18.2 Å². The van der Waals surface area contributed by atoms with Gasteiger partial charge in [-0.1, -0.05) is 6.07 Å². The summed E-state index contributed by atoms with van der Waals surface area (Å²) in [5.74, 6) is 0.835. The average Bonchev–Trinajstić information content (AvgIpc) is 3.13. The van der Waals surface area contributed by atoms with Gasteiger partial charge in [-0.05, 0) is 76.2 Å². The van der Waals surface area contributed by atoms with Crippen LogP contribution >= 0.6 is 0 Å². The molecule has 2 aliphatic heterocycles. The summed E-state index contributed by atoms with van der Waals surface area (Å²) in [6, 6.07) is 6.25. The van der Waals surface area contributed by atoms with Gasteiger partial charge in [-0.3, -0.25) is 4.79 Å². The first-order chi connectivity index (χ1) is 11.7. The molecule has 2 aliphatic rings. The van der Waals surface area contributed by atoms with Crippen LogP contribution in [0.1, 0.15) is 54.4 Å². The summed E-state index contributed by atoms with van der Waals surface area (Å²) in [6.45, 7) is 6.48. The summed E-state index contributed by atoms with van der Waals surface area (Å²) in [5, 5.41) is 0. The van der Waals surface area contributed by atoms with Crippen LogP contribution in [0.2, 0.25) is 0 Å². The highest BCUT2D eigenvalue weighted by atomic mass is 16.5. The van der Waals surface area contributed by atoms with Crippen molar-refractivity contribution in [1.82, 2.24) is 9.80 Å². The number of ether oxygens (including phenoxy) is 1. The number of carbonyl (C=O) groups excluding carboxylic acids is 1. The van der Waals surface area contributed by atoms with E-state index >= 15 is 0 Å². The number of amides is 1. The number of hydrogen-bond donors (Lipinski definition) is 0. The van der Waals surface area contributed by atoms with E-state index < -0.39 is 0 Å². The Morgan fingerprint density at radius 1 is 1.17 bits per heavy atom. The van der Waals surface area contributed by atoms with Crippen molar-refractivity contribution in [3.63, 3.8) is 0 Å². The van der Waals surface area contributed by atoms with Gasteiger partial charge in [0.05, 0.1) is 12.7 Å². The van der Waals surface area contributed by atoms with E-state index in [2.05, 4.69) is 9.80 Å². The summed E-state index contributed by atoms with van der Waals surface area (Å²) in [6.07, 6.45) is 7.23. The second-order valence-corrected chi connectivity index (χ2v) is 7.19. The molecule has 0 N–H and O–H groups in total. The van der Waals surface area contributed by atoms with Crippen molar-refractivity contribution in [2.24, 2.45) is 0 Å². The lowest BCUT2D eigenvalue weighted by molar-refractivity contribution is 0.0584. The maximum Gasteiger partial charge on any atom is 0.257 e. The van der Waals surface area contributed by atoms with Crippen molar-refractivity contribution in [1.29, 1.82) is 0 Å². The fourth-order valence-electron chi connectivity index (χ4n) is 4.04. The topological polar surface area (TPSA) is 32.8 Å². The molecule has 1 aromatic rings. The fraction of sp³-hybridized carbons (Fsp3) is 0.650. The minimum absolute atomic E-state index is 0.137. The lowest BCUT2D eigenvalue weighted by Gasteiger charge is -2.37. The molecule has 132 valence electrons. The van der Waals surface area contributed by atoms with E-state index in [-0.39, 0.29) is 5.91 Å². The lowest BCUT2D eigenvalue weighted by atomic mass is 9.97. The standard InChI is InChI=1S/C20H30N2O2/c1-16-8-9-18(19(15-16)24-2)20(23)22-13-4-3-7-17(22)10-14-21-11-5-6-12-21/h8-9,15,17H,3-7,10-14H2,1-2H3. The van der Waals surface area contributed by atoms with Gasteiger partial charge in [0.1, 0.15) is 5.75 Å². The van der Waals surface area contributed by atoms with Gasteiger partial charge >= 0.3 is 0 Å². The molecule has 2 saturated heterocycles. The molecule has 3 rings (SSSR count). The molecule has 1 unspecified atom stereocenters. The van der Waals surface area contributed by atoms with Gasteiger partial charge in [0.2, 0.25) is 0 Å². The molecule has 2 fully saturated rings. The maximum atomic E-state index is 13.1. The molecule has 1 amide bonds. The van der Waals surface area contributed by atoms with Gasteiger partial charge in [0.15, 0.2) is 0 Å². The molecule has 0 bridgehead atoms. The van der Waals surface area contributed by atoms with Crippen molar-refractivity contribution >= 4 is 5.91 Å². The number of likely N-dealkylation sites (tertiary alicyclic amines) is 2. The second-order valence-electron chi connectivity index (χ2n) is 7.19. The molecule has 2 heterocycles. The number of rotatable bonds is 5. The monoisotopic (exact) mass is 330 g/mol. The highest BCUT2D eigenvalue weighted by Gasteiger charge is 2.29. The predicted molar refractivity (Wildman–Crippen MR) is 96.7 cm³/mol. The normalized spacial score (nSPS) is 21.9. The maximum absolute atomic E-state index is 13.1. The predicted octanol–water partition coefficient (Wildman–Crippen LogP) is 3.48. The Balaban J connectivity index is 1.70. The second kappa shape index (κ2) is 8.02. The zero-order chi connectivity index (χ0) is 16.9. The fourth-order valence-corrected chi connectivity index (χ4v) is 4.04. The minimum Gasteiger partial charge on any atom is -0.496 e. The third-order valence-electron chi connectivity index (χ3n) is 5.45. The average molecular weight is 330 g/mol. The van der Waals surface area contributed by atoms with Crippen LogP contribution in [0.3, 0.4) is 0 Å². The van der Waals surface area contributed by atoms with Crippen molar-refractivity contribution in [3.8, 4) is 5.75 Å². The number of hydrogen-bond acceptors (Lipinski definition) is 3. The van der Waals surface area contributed by atoms with Gasteiger partial charge in [-0.2, -0.15) is 0 Å². The lowest BCUT2D eigenvalue weighted by Crippen LogP contribution is -2.45. The van der Waals surface area contributed by atoms with E-state index in [1.807, 2.05) is 25.1 Å². The van der Waals surface area contributed by atoms with Gasteiger partial charge in [-0.15, -0.1) is 0 Å². The van der Waals surface area contributed by atoms with Crippen molar-refractivity contribution < 1.29 is 9.53 Å². The number of piperidine rings is 1. The van der Waals surface area contributed by atoms with Crippen molar-refractivity contribution in [2.45, 2.75) is 51.5 Å². The summed E-state index contributed by atoms with van der Waals surface area (Å²) in [4.78, 5) is 17.8. The highest BCUT2D eigenvalue weighted by molar-refractivity contribution is 5.97. The van der Waals surface area contributed by atoms with Crippen LogP contribution in [0.5, 0.6) is 5.75 Å². The molecule has 24 heavy (non-hydrogen) atoms. The zero-order valence-corrected chi connectivity index (χ0v) is 15.1. The van der Waals surface area contributed by atoms with Crippen LogP contribution < -0.4 is 4.74 Å². The van der Waals surface area contributed by atoms with Crippen molar-refractivity contribution in [2.75, 3.05) is 33.3 Å². The molecule has 4 nitrogen and oxygen atoms in total. The van der Waals surface area contributed by atoms with Crippen LogP contribution in [0.4, 0.5) is 0 Å². The summed E-state index contributed by atoms with van der Waals surface area (Å²) < 4.78 is 5.46. The summed E-state index contributed by atoms with van der Waals surface area (Å²) >= 11 is 0. The first kappa shape index (κ1) is 17.3. The molecule has 0 aliphatic carbocycles. The molecule has 1 atom stereocenters. The Bertz CT molecular complexity index is 567. The van der Waals surface area contributed by atoms with E-state index in [1.165, 1.54) is 32.4 Å². The van der Waals surface area contributed by atoms with Gasteiger partial charge < -0.3 is 14.5 Å². The van der Waals surface area contributed by atoms with Crippen LogP contribution in [-0.4, -0.2) is 55.0 Å². The molecule has 1 aromatic carbocycles. The van der Waals surface area contributed by atoms with Crippen molar-refractivity contribution in [3.05, 3.63) is 29.3 Å². The number of methoxy groups -OCH3 is 1. The Hall–Kier alpha value is -1.55. The Kier molecular flexibility index (Phi) is 5.77. The van der Waals surface area contributed by atoms with Crippen LogP contribution in [0, 0.1) is 6.92 Å². The Morgan fingerprint density at radius 2 is 1.92 bits per heavy atom. The van der Waals surface area contributed by atoms with Gasteiger partial charge in [0, 0.05) is 19.1 Å². The van der Waals surface area contributed by atoms with E-state index in [1.54, 1.807) is 7.11 Å². The van der Waals surface area contributed by atoms with E-state index in [9.17, 15) is 4.79 Å². The van der Waals surface area contributed by atoms with Gasteiger partial charge in [-0.25, -0.2) is 0 Å². The zero-order valence-electron chi connectivity index (χ0n) is 15.1. The number of carbonyl (C=O) groups is 1. The SMILES string of the molecule is COc1cc(C)ccc1C(=O)N1CCCCC1CCN1CCCC1. The van der Waals surface area contributed by atoms with Gasteiger partial charge in [0.25, 0.3) is 5.91 Å². The van der Waals surface area contributed by atoms with Crippen LogP contribution in [-0.2, 0) is 0 Å². The van der Waals surface area contributed by atoms with E-state index in [0.717, 1.165) is 37.9 Å². The quantitative estimate of drug-likeness (QED) is 0.828. The molecule has 0 spiro atoms. The summed E-state index contributed by atoms with van der Waals surface area (Å²) in [5.41, 5.74) is 1.82. The third kappa shape index (κ3) is 3.92. The van der Waals surface area contributed by atoms with E-state index in [0.29, 0.717) is 17.4 Å². The first-order valence-corrected chi connectivity index (χ1v) is 9.37. The van der Waals surface area contributed by atoms with E-state index in [4.69, 9.17) is 4.74 Å². The Labute approximate surface area is 145 Å². The molecular weight excluding hydrogens is 300 g/mol. The number of nitrogens with zero attached hydrogens (tertiary/aromatic N) is 2. The largest absolute Gasteiger partial charge is 0.496 e. The Morgan fingerprint density at radius 3 is 2.67 bits per heavy atom. The number of benzene rings is 1. The molecule has 0 radical (unpaired) electrons. The summed E-state index contributed by atoms with van der Waals surface area (Å²) in [7, 11) is 1.65. The first-order valence-electron chi connectivity index (χ1n) is 9.37. The highest BCUT2D eigenvalue weighted by Crippen LogP contribution is 2.27. The van der Waals surface area contributed by atoms with Crippen LogP contribution in [0.25, 0.3) is 0 Å². The third-order valence-corrected chi connectivity index (χ3v) is 5.45.